The van der Waals surface area contributed by atoms with E-state index in [2.05, 4.69) is 0 Å². The van der Waals surface area contributed by atoms with Gasteiger partial charge in [-0.2, -0.15) is 0 Å². The van der Waals surface area contributed by atoms with Crippen molar-refractivity contribution in [3.63, 3.8) is 0 Å². The summed E-state index contributed by atoms with van der Waals surface area (Å²) >= 11 is 1.54. The van der Waals surface area contributed by atoms with Gasteiger partial charge in [0.1, 0.15) is 5.75 Å². The van der Waals surface area contributed by atoms with Crippen LogP contribution in [-0.4, -0.2) is 10.0 Å². The number of phenolic OH excluding ortho intramolecular Hbond substituents is 1. The zero-order chi connectivity index (χ0) is 14.0. The Balaban J connectivity index is 2.29. The van der Waals surface area contributed by atoms with E-state index >= 15 is 0 Å². The number of nitro groups is 1. The summed E-state index contributed by atoms with van der Waals surface area (Å²) in [5.41, 5.74) is 2.06. The first-order valence-corrected chi connectivity index (χ1v) is 6.51. The van der Waals surface area contributed by atoms with Crippen molar-refractivity contribution in [2.45, 2.75) is 23.6 Å². The number of non-ortho nitro benzene ring substituents is 1. The third-order valence-electron chi connectivity index (χ3n) is 2.71. The largest absolute Gasteiger partial charge is 0.508 e. The zero-order valence-corrected chi connectivity index (χ0v) is 11.4. The molecule has 98 valence electrons. The average molecular weight is 275 g/mol. The van der Waals surface area contributed by atoms with E-state index in [1.54, 1.807) is 24.3 Å². The van der Waals surface area contributed by atoms with Crippen LogP contribution in [0.4, 0.5) is 5.69 Å². The Bertz CT molecular complexity index is 600. The maximum atomic E-state index is 10.6. The summed E-state index contributed by atoms with van der Waals surface area (Å²) in [6, 6.07) is 9.87. The van der Waals surface area contributed by atoms with Crippen molar-refractivity contribution < 1.29 is 10.0 Å². The Morgan fingerprint density at radius 3 is 2.11 bits per heavy atom. The maximum Gasteiger partial charge on any atom is 0.269 e. The molecule has 2 aromatic rings. The monoisotopic (exact) mass is 275 g/mol. The Labute approximate surface area is 115 Å². The highest BCUT2D eigenvalue weighted by Crippen LogP contribution is 2.35. The molecule has 0 aliphatic rings. The first-order chi connectivity index (χ1) is 8.97. The second-order valence-electron chi connectivity index (χ2n) is 4.26. The molecule has 0 aromatic heterocycles. The van der Waals surface area contributed by atoms with Crippen LogP contribution in [0.25, 0.3) is 0 Å². The number of nitrogens with zero attached hydrogens (tertiary/aromatic N) is 1. The number of aryl methyl sites for hydroxylation is 2. The molecule has 1 N–H and O–H groups in total. The van der Waals surface area contributed by atoms with Crippen LogP contribution in [0.2, 0.25) is 0 Å². The number of benzene rings is 2. The topological polar surface area (TPSA) is 63.4 Å². The lowest BCUT2D eigenvalue weighted by Crippen LogP contribution is -1.88. The van der Waals surface area contributed by atoms with Gasteiger partial charge < -0.3 is 5.11 Å². The fourth-order valence-electron chi connectivity index (χ4n) is 1.84. The second-order valence-corrected chi connectivity index (χ2v) is 5.35. The van der Waals surface area contributed by atoms with Crippen LogP contribution in [0, 0.1) is 24.0 Å². The lowest BCUT2D eigenvalue weighted by Gasteiger charge is -2.10. The number of hydrogen-bond donors (Lipinski definition) is 1. The normalized spacial score (nSPS) is 10.4. The molecule has 0 radical (unpaired) electrons. The van der Waals surface area contributed by atoms with Crippen molar-refractivity contribution >= 4 is 17.4 Å². The summed E-state index contributed by atoms with van der Waals surface area (Å²) < 4.78 is 0. The molecule has 0 bridgehead atoms. The second kappa shape index (κ2) is 5.32. The molecule has 4 nitrogen and oxygen atoms in total. The van der Waals surface area contributed by atoms with Gasteiger partial charge in [-0.25, -0.2) is 0 Å². The van der Waals surface area contributed by atoms with Crippen LogP contribution in [0.1, 0.15) is 11.1 Å². The molecule has 0 atom stereocenters. The van der Waals surface area contributed by atoms with Gasteiger partial charge in [0.2, 0.25) is 0 Å². The summed E-state index contributed by atoms with van der Waals surface area (Å²) in [5, 5.41) is 20.1. The minimum Gasteiger partial charge on any atom is -0.508 e. The van der Waals surface area contributed by atoms with Crippen LogP contribution in [-0.2, 0) is 0 Å². The molecule has 5 heteroatoms. The minimum absolute atomic E-state index is 0.0866. The maximum absolute atomic E-state index is 10.6. The van der Waals surface area contributed by atoms with Crippen LogP contribution >= 0.6 is 11.8 Å². The Kier molecular flexibility index (Phi) is 3.76. The van der Waals surface area contributed by atoms with E-state index in [-0.39, 0.29) is 11.4 Å². The molecule has 0 heterocycles. The minimum atomic E-state index is -0.411. The van der Waals surface area contributed by atoms with Gasteiger partial charge in [0, 0.05) is 21.9 Å². The molecular formula is C14H13NO3S. The van der Waals surface area contributed by atoms with E-state index in [1.165, 1.54) is 23.9 Å². The van der Waals surface area contributed by atoms with E-state index in [4.69, 9.17) is 0 Å². The third-order valence-corrected chi connectivity index (χ3v) is 4.07. The highest BCUT2D eigenvalue weighted by atomic mass is 32.2. The highest BCUT2D eigenvalue weighted by Gasteiger charge is 2.09. The summed E-state index contributed by atoms with van der Waals surface area (Å²) in [6.07, 6.45) is 0. The van der Waals surface area contributed by atoms with Gasteiger partial charge in [-0.3, -0.25) is 10.1 Å². The van der Waals surface area contributed by atoms with Gasteiger partial charge in [0.05, 0.1) is 4.92 Å². The number of aromatic hydroxyl groups is 1. The highest BCUT2D eigenvalue weighted by molar-refractivity contribution is 7.99. The Morgan fingerprint density at radius 2 is 1.63 bits per heavy atom. The molecular weight excluding hydrogens is 262 g/mol. The number of phenols is 1. The van der Waals surface area contributed by atoms with Crippen LogP contribution < -0.4 is 0 Å². The molecule has 2 rings (SSSR count). The van der Waals surface area contributed by atoms with Gasteiger partial charge in [-0.1, -0.05) is 11.8 Å². The molecule has 0 spiro atoms. The molecule has 0 saturated heterocycles. The number of rotatable bonds is 3. The lowest BCUT2D eigenvalue weighted by molar-refractivity contribution is -0.384. The van der Waals surface area contributed by atoms with Crippen molar-refractivity contribution in [3.05, 3.63) is 57.6 Å². The molecule has 0 amide bonds. The van der Waals surface area contributed by atoms with Gasteiger partial charge in [-0.15, -0.1) is 0 Å². The van der Waals surface area contributed by atoms with Crippen molar-refractivity contribution in [3.8, 4) is 5.75 Å². The fourth-order valence-corrected chi connectivity index (χ4v) is 2.79. The van der Waals surface area contributed by atoms with Crippen LogP contribution in [0.5, 0.6) is 5.75 Å². The van der Waals surface area contributed by atoms with Crippen molar-refractivity contribution in [1.82, 2.24) is 0 Å². The summed E-state index contributed by atoms with van der Waals surface area (Å²) in [4.78, 5) is 12.2. The van der Waals surface area contributed by atoms with Crippen LogP contribution in [0.15, 0.2) is 46.2 Å². The number of hydrogen-bond acceptors (Lipinski definition) is 4. The van der Waals surface area contributed by atoms with Gasteiger partial charge >= 0.3 is 0 Å². The SMILES string of the molecule is Cc1cc(O)cc(C)c1Sc1ccc([N+](=O)[O-])cc1. The first kappa shape index (κ1) is 13.4. The van der Waals surface area contributed by atoms with Crippen molar-refractivity contribution in [2.75, 3.05) is 0 Å². The van der Waals surface area contributed by atoms with Crippen molar-refractivity contribution in [1.29, 1.82) is 0 Å². The summed E-state index contributed by atoms with van der Waals surface area (Å²) in [7, 11) is 0. The standard InChI is InChI=1S/C14H13NO3S/c1-9-7-12(16)8-10(2)14(9)19-13-5-3-11(4-6-13)15(17)18/h3-8,16H,1-2H3. The average Bonchev–Trinajstić information content (AvgIpc) is 2.34. The molecule has 2 aromatic carbocycles. The smallest absolute Gasteiger partial charge is 0.269 e. The molecule has 0 saturated carbocycles. The molecule has 0 aliphatic carbocycles. The molecule has 0 aliphatic heterocycles. The fraction of sp³-hybridized carbons (Fsp3) is 0.143. The molecule has 0 fully saturated rings. The van der Waals surface area contributed by atoms with E-state index in [0.717, 1.165) is 20.9 Å². The first-order valence-electron chi connectivity index (χ1n) is 5.70. The van der Waals surface area contributed by atoms with Crippen LogP contribution in [0.3, 0.4) is 0 Å². The molecule has 0 unspecified atom stereocenters. The Morgan fingerprint density at radius 1 is 1.11 bits per heavy atom. The molecule has 19 heavy (non-hydrogen) atoms. The predicted molar refractivity (Wildman–Crippen MR) is 74.8 cm³/mol. The van der Waals surface area contributed by atoms with E-state index < -0.39 is 4.92 Å². The summed E-state index contributed by atoms with van der Waals surface area (Å²) in [6.45, 7) is 3.86. The zero-order valence-electron chi connectivity index (χ0n) is 10.6. The van der Waals surface area contributed by atoms with Gasteiger partial charge in [-0.05, 0) is 49.2 Å². The third kappa shape index (κ3) is 3.06. The van der Waals surface area contributed by atoms with E-state index in [0.29, 0.717) is 0 Å². The quantitative estimate of drug-likeness (QED) is 0.677. The predicted octanol–water partition coefficient (Wildman–Crippen LogP) is 4.07. The Hall–Kier alpha value is -2.01. The number of nitro benzene ring substituents is 1. The van der Waals surface area contributed by atoms with Gasteiger partial charge in [0.25, 0.3) is 5.69 Å². The lowest BCUT2D eigenvalue weighted by atomic mass is 10.1. The van der Waals surface area contributed by atoms with Gasteiger partial charge in [0.15, 0.2) is 0 Å². The van der Waals surface area contributed by atoms with E-state index in [9.17, 15) is 15.2 Å². The van der Waals surface area contributed by atoms with Crippen molar-refractivity contribution in [2.24, 2.45) is 0 Å². The van der Waals surface area contributed by atoms with E-state index in [1.807, 2.05) is 13.8 Å². The summed E-state index contributed by atoms with van der Waals surface area (Å²) in [5.74, 6) is 0.253.